The van der Waals surface area contributed by atoms with Crippen molar-refractivity contribution in [2.45, 2.75) is 44.4 Å². The van der Waals surface area contributed by atoms with Gasteiger partial charge >= 0.3 is 0 Å². The topological polar surface area (TPSA) is 75.7 Å². The molecule has 0 spiro atoms. The Hall–Kier alpha value is -2.38. The number of sulfonamides is 1. The first-order valence-electron chi connectivity index (χ1n) is 10.4. The minimum absolute atomic E-state index is 0.0294. The van der Waals surface area contributed by atoms with E-state index in [1.165, 1.54) is 0 Å². The summed E-state index contributed by atoms with van der Waals surface area (Å²) in [7, 11) is -1.69. The molecule has 1 aliphatic heterocycles. The molecule has 6 nitrogen and oxygen atoms in total. The number of nitrogens with one attached hydrogen (secondary N) is 1. The number of methoxy groups -OCH3 is 1. The number of ether oxygens (including phenoxy) is 1. The van der Waals surface area contributed by atoms with Crippen molar-refractivity contribution in [3.8, 4) is 5.75 Å². The van der Waals surface area contributed by atoms with E-state index in [9.17, 15) is 13.2 Å². The lowest BCUT2D eigenvalue weighted by atomic mass is 10.0. The van der Waals surface area contributed by atoms with Crippen LogP contribution < -0.4 is 10.1 Å². The predicted octanol–water partition coefficient (Wildman–Crippen LogP) is 3.89. The molecule has 162 valence electrons. The summed E-state index contributed by atoms with van der Waals surface area (Å²) in [5.41, 5.74) is 2.22. The molecule has 1 fully saturated rings. The van der Waals surface area contributed by atoms with Gasteiger partial charge in [0.1, 0.15) is 5.75 Å². The highest BCUT2D eigenvalue weighted by molar-refractivity contribution is 7.88. The lowest BCUT2D eigenvalue weighted by molar-refractivity contribution is 0.0935. The lowest BCUT2D eigenvalue weighted by Gasteiger charge is -2.25. The smallest absolute Gasteiger partial charge is 0.251 e. The second-order valence-electron chi connectivity index (χ2n) is 7.62. The average Bonchev–Trinajstić information content (AvgIpc) is 2.78. The molecular formula is C23H30N2O4S. The molecule has 2 aromatic carbocycles. The highest BCUT2D eigenvalue weighted by Crippen LogP contribution is 2.21. The maximum absolute atomic E-state index is 12.7. The summed E-state index contributed by atoms with van der Waals surface area (Å²) in [6, 6.07) is 14.4. The molecule has 1 amide bonds. The fourth-order valence-electron chi connectivity index (χ4n) is 3.70. The van der Waals surface area contributed by atoms with Crippen molar-refractivity contribution < 1.29 is 17.9 Å². The van der Waals surface area contributed by atoms with Gasteiger partial charge in [-0.2, -0.15) is 0 Å². The Morgan fingerprint density at radius 2 is 1.67 bits per heavy atom. The summed E-state index contributed by atoms with van der Waals surface area (Å²) in [5.74, 6) is 0.566. The number of hydrogen-bond acceptors (Lipinski definition) is 4. The van der Waals surface area contributed by atoms with Crippen molar-refractivity contribution in [1.82, 2.24) is 9.62 Å². The van der Waals surface area contributed by atoms with Gasteiger partial charge in [0.25, 0.3) is 5.91 Å². The van der Waals surface area contributed by atoms with Crippen LogP contribution in [0.15, 0.2) is 48.5 Å². The van der Waals surface area contributed by atoms with Gasteiger partial charge in [-0.25, -0.2) is 12.7 Å². The molecule has 1 atom stereocenters. The Morgan fingerprint density at radius 1 is 1.03 bits per heavy atom. The molecule has 0 bridgehead atoms. The molecule has 30 heavy (non-hydrogen) atoms. The summed E-state index contributed by atoms with van der Waals surface area (Å²) in [6.07, 6.45) is 3.69. The molecule has 0 unspecified atom stereocenters. The first-order valence-corrected chi connectivity index (χ1v) is 12.1. The number of rotatable bonds is 8. The lowest BCUT2D eigenvalue weighted by Crippen LogP contribution is -2.36. The van der Waals surface area contributed by atoms with Crippen LogP contribution in [0.3, 0.4) is 0 Å². The molecule has 1 heterocycles. The van der Waals surface area contributed by atoms with Gasteiger partial charge in [-0.05, 0) is 54.7 Å². The molecule has 0 aromatic heterocycles. The van der Waals surface area contributed by atoms with Crippen molar-refractivity contribution in [2.24, 2.45) is 0 Å². The monoisotopic (exact) mass is 430 g/mol. The van der Waals surface area contributed by atoms with Crippen molar-refractivity contribution in [1.29, 1.82) is 0 Å². The van der Waals surface area contributed by atoms with Crippen molar-refractivity contribution in [3.63, 3.8) is 0 Å². The summed E-state index contributed by atoms with van der Waals surface area (Å²) < 4.78 is 32.0. The largest absolute Gasteiger partial charge is 0.497 e. The SMILES string of the molecule is CC[C@@H](NC(=O)c1ccc(CS(=O)(=O)N2CCCCC2)cc1)c1ccc(OC)cc1. The normalized spacial score (nSPS) is 16.1. The minimum atomic E-state index is -3.31. The zero-order chi connectivity index (χ0) is 21.6. The van der Waals surface area contributed by atoms with Gasteiger partial charge in [0, 0.05) is 18.7 Å². The van der Waals surface area contributed by atoms with Gasteiger partial charge in [-0.1, -0.05) is 37.6 Å². The molecule has 0 radical (unpaired) electrons. The van der Waals surface area contributed by atoms with E-state index >= 15 is 0 Å². The summed E-state index contributed by atoms with van der Waals surface area (Å²) in [5, 5.41) is 3.05. The standard InChI is InChI=1S/C23H30N2O4S/c1-3-22(19-11-13-21(29-2)14-12-19)24-23(26)20-9-7-18(8-10-20)17-30(27,28)25-15-5-4-6-16-25/h7-14,22H,3-6,15-17H2,1-2H3,(H,24,26)/t22-/m1/s1. The number of carbonyl (C=O) groups is 1. The number of benzene rings is 2. The molecule has 1 aliphatic rings. The number of piperidine rings is 1. The Balaban J connectivity index is 1.63. The number of carbonyl (C=O) groups excluding carboxylic acids is 1. The van der Waals surface area contributed by atoms with Crippen LogP contribution in [0.1, 0.15) is 60.1 Å². The first kappa shape index (κ1) is 22.3. The molecule has 2 aromatic rings. The average molecular weight is 431 g/mol. The van der Waals surface area contributed by atoms with Crippen LogP contribution >= 0.6 is 0 Å². The van der Waals surface area contributed by atoms with Gasteiger partial charge in [0.15, 0.2) is 0 Å². The molecule has 1 saturated heterocycles. The highest BCUT2D eigenvalue weighted by atomic mass is 32.2. The van der Waals surface area contributed by atoms with Crippen LogP contribution in [0.5, 0.6) is 5.75 Å². The molecule has 3 rings (SSSR count). The Morgan fingerprint density at radius 3 is 2.23 bits per heavy atom. The number of amides is 1. The molecule has 7 heteroatoms. The third kappa shape index (κ3) is 5.61. The van der Waals surface area contributed by atoms with Gasteiger partial charge in [0.2, 0.25) is 10.0 Å². The second kappa shape index (κ2) is 10.1. The van der Waals surface area contributed by atoms with Crippen molar-refractivity contribution in [3.05, 3.63) is 65.2 Å². The summed E-state index contributed by atoms with van der Waals surface area (Å²) >= 11 is 0. The van der Waals surface area contributed by atoms with E-state index in [-0.39, 0.29) is 17.7 Å². The van der Waals surface area contributed by atoms with Gasteiger partial charge in [0.05, 0.1) is 18.9 Å². The zero-order valence-corrected chi connectivity index (χ0v) is 18.5. The fourth-order valence-corrected chi connectivity index (χ4v) is 5.31. The van der Waals surface area contributed by atoms with Crippen LogP contribution in [0.2, 0.25) is 0 Å². The van der Waals surface area contributed by atoms with Crippen LogP contribution in [0.25, 0.3) is 0 Å². The van der Waals surface area contributed by atoms with E-state index in [1.54, 1.807) is 35.7 Å². The van der Waals surface area contributed by atoms with E-state index in [0.717, 1.165) is 37.0 Å². The van der Waals surface area contributed by atoms with Crippen LogP contribution in [-0.2, 0) is 15.8 Å². The van der Waals surface area contributed by atoms with Gasteiger partial charge in [-0.3, -0.25) is 4.79 Å². The minimum Gasteiger partial charge on any atom is -0.497 e. The molecule has 0 saturated carbocycles. The Bertz CT molecular complexity index is 934. The molecule has 1 N–H and O–H groups in total. The summed E-state index contributed by atoms with van der Waals surface area (Å²) in [6.45, 7) is 3.23. The molecular weight excluding hydrogens is 400 g/mol. The van der Waals surface area contributed by atoms with E-state index in [1.807, 2.05) is 31.2 Å². The van der Waals surface area contributed by atoms with Crippen molar-refractivity contribution >= 4 is 15.9 Å². The first-order chi connectivity index (χ1) is 14.4. The Kier molecular flexibility index (Phi) is 7.50. The second-order valence-corrected chi connectivity index (χ2v) is 9.59. The van der Waals surface area contributed by atoms with E-state index < -0.39 is 10.0 Å². The van der Waals surface area contributed by atoms with Crippen LogP contribution in [0, 0.1) is 0 Å². The van der Waals surface area contributed by atoms with Gasteiger partial charge < -0.3 is 10.1 Å². The van der Waals surface area contributed by atoms with Crippen LogP contribution in [-0.4, -0.2) is 38.8 Å². The molecule has 0 aliphatic carbocycles. The third-order valence-electron chi connectivity index (χ3n) is 5.51. The number of hydrogen-bond donors (Lipinski definition) is 1. The van der Waals surface area contributed by atoms with E-state index in [0.29, 0.717) is 24.2 Å². The van der Waals surface area contributed by atoms with E-state index in [2.05, 4.69) is 5.32 Å². The fraction of sp³-hybridized carbons (Fsp3) is 0.435. The van der Waals surface area contributed by atoms with E-state index in [4.69, 9.17) is 4.74 Å². The van der Waals surface area contributed by atoms with Gasteiger partial charge in [-0.15, -0.1) is 0 Å². The summed E-state index contributed by atoms with van der Waals surface area (Å²) in [4.78, 5) is 12.7. The maximum Gasteiger partial charge on any atom is 0.251 e. The Labute approximate surface area is 179 Å². The third-order valence-corrected chi connectivity index (χ3v) is 7.36. The maximum atomic E-state index is 12.7. The number of nitrogens with zero attached hydrogens (tertiary/aromatic N) is 1. The highest BCUT2D eigenvalue weighted by Gasteiger charge is 2.24. The van der Waals surface area contributed by atoms with Crippen molar-refractivity contribution in [2.75, 3.05) is 20.2 Å². The zero-order valence-electron chi connectivity index (χ0n) is 17.6. The van der Waals surface area contributed by atoms with Crippen LogP contribution in [0.4, 0.5) is 0 Å². The quantitative estimate of drug-likeness (QED) is 0.689. The predicted molar refractivity (Wildman–Crippen MR) is 118 cm³/mol.